The Balaban J connectivity index is 1.75. The van der Waals surface area contributed by atoms with E-state index < -0.39 is 5.97 Å². The molecule has 0 radical (unpaired) electrons. The quantitative estimate of drug-likeness (QED) is 0.436. The average molecular weight is 364 g/mol. The first kappa shape index (κ1) is 16.1. The van der Waals surface area contributed by atoms with Gasteiger partial charge in [-0.15, -0.1) is 22.7 Å². The highest BCUT2D eigenvalue weighted by Crippen LogP contribution is 2.32. The van der Waals surface area contributed by atoms with Crippen LogP contribution < -0.4 is 0 Å². The van der Waals surface area contributed by atoms with Crippen molar-refractivity contribution in [3.63, 3.8) is 0 Å². The molecule has 2 aromatic carbocycles. The minimum absolute atomic E-state index is 0.0794. The van der Waals surface area contributed by atoms with Crippen LogP contribution in [0.15, 0.2) is 48.5 Å². The Kier molecular flexibility index (Phi) is 4.15. The molecule has 124 valence electrons. The first-order valence-corrected chi connectivity index (χ1v) is 9.64. The maximum absolute atomic E-state index is 11.0. The number of carboxylic acids is 1. The van der Waals surface area contributed by atoms with E-state index in [1.165, 1.54) is 20.5 Å². The average Bonchev–Trinajstić information content (AvgIpc) is 3.14. The fraction of sp³-hybridized carbons (Fsp3) is 0.0952. The number of thiophene rings is 2. The topological polar surface area (TPSA) is 37.3 Å². The van der Waals surface area contributed by atoms with Gasteiger partial charge in [0.2, 0.25) is 0 Å². The number of hydrogen-bond acceptors (Lipinski definition) is 3. The van der Waals surface area contributed by atoms with Crippen molar-refractivity contribution in [3.05, 3.63) is 69.4 Å². The molecule has 4 rings (SSSR count). The highest BCUT2D eigenvalue weighted by Gasteiger charge is 2.08. The smallest absolute Gasteiger partial charge is 0.308 e. The van der Waals surface area contributed by atoms with E-state index in [2.05, 4.69) is 49.4 Å². The van der Waals surface area contributed by atoms with Crippen molar-refractivity contribution < 1.29 is 9.90 Å². The van der Waals surface area contributed by atoms with E-state index in [4.69, 9.17) is 5.11 Å². The molecule has 4 heteroatoms. The summed E-state index contributed by atoms with van der Waals surface area (Å²) in [6, 6.07) is 16.8. The number of carboxylic acid groups (broad SMARTS) is 1. The van der Waals surface area contributed by atoms with E-state index in [9.17, 15) is 4.79 Å². The van der Waals surface area contributed by atoms with Gasteiger partial charge < -0.3 is 5.11 Å². The number of aliphatic carboxylic acids is 1. The van der Waals surface area contributed by atoms with Crippen LogP contribution in [0.25, 0.3) is 32.3 Å². The SMILES string of the molecule is Cc1cc2c(/C=C/c3cccc4sc(CC(=O)O)cc34)cccc2s1. The summed E-state index contributed by atoms with van der Waals surface area (Å²) in [4.78, 5) is 13.2. The maximum atomic E-state index is 11.0. The molecule has 2 heterocycles. The number of benzene rings is 2. The largest absolute Gasteiger partial charge is 0.481 e. The number of carbonyl (C=O) groups is 1. The monoisotopic (exact) mass is 364 g/mol. The van der Waals surface area contributed by atoms with Crippen LogP contribution in [0.4, 0.5) is 0 Å². The van der Waals surface area contributed by atoms with E-state index in [0.717, 1.165) is 20.5 Å². The second-order valence-corrected chi connectivity index (χ2v) is 8.45. The molecule has 0 unspecified atom stereocenters. The molecule has 4 aromatic rings. The zero-order valence-corrected chi connectivity index (χ0v) is 15.3. The van der Waals surface area contributed by atoms with E-state index in [-0.39, 0.29) is 6.42 Å². The third-order valence-electron chi connectivity index (χ3n) is 4.13. The van der Waals surface area contributed by atoms with Crippen LogP contribution in [0.5, 0.6) is 0 Å². The molecule has 0 aliphatic rings. The van der Waals surface area contributed by atoms with Crippen molar-refractivity contribution in [2.24, 2.45) is 0 Å². The predicted octanol–water partition coefficient (Wildman–Crippen LogP) is 6.22. The molecule has 0 atom stereocenters. The normalized spacial score (nSPS) is 11.7. The van der Waals surface area contributed by atoms with Gasteiger partial charge in [-0.1, -0.05) is 36.4 Å². The molecular formula is C21H16O2S2. The van der Waals surface area contributed by atoms with Gasteiger partial charge in [-0.2, -0.15) is 0 Å². The van der Waals surface area contributed by atoms with Crippen LogP contribution in [-0.4, -0.2) is 11.1 Å². The Morgan fingerprint density at radius 3 is 2.20 bits per heavy atom. The Morgan fingerprint density at radius 2 is 1.56 bits per heavy atom. The van der Waals surface area contributed by atoms with Crippen molar-refractivity contribution in [2.45, 2.75) is 13.3 Å². The van der Waals surface area contributed by atoms with Crippen LogP contribution in [0.2, 0.25) is 0 Å². The van der Waals surface area contributed by atoms with Crippen molar-refractivity contribution >= 4 is 61.0 Å². The fourth-order valence-electron chi connectivity index (χ4n) is 3.05. The summed E-state index contributed by atoms with van der Waals surface area (Å²) < 4.78 is 2.43. The van der Waals surface area contributed by atoms with Gasteiger partial charge in [-0.05, 0) is 53.1 Å². The molecule has 0 saturated carbocycles. The second kappa shape index (κ2) is 6.47. The zero-order valence-electron chi connectivity index (χ0n) is 13.7. The molecule has 0 amide bonds. The van der Waals surface area contributed by atoms with E-state index in [0.29, 0.717) is 0 Å². The lowest BCUT2D eigenvalue weighted by Crippen LogP contribution is -1.96. The van der Waals surface area contributed by atoms with Crippen molar-refractivity contribution in [2.75, 3.05) is 0 Å². The van der Waals surface area contributed by atoms with Gasteiger partial charge in [0, 0.05) is 19.2 Å². The third-order valence-corrected chi connectivity index (χ3v) is 6.25. The summed E-state index contributed by atoms with van der Waals surface area (Å²) in [6.45, 7) is 2.13. The molecule has 2 aromatic heterocycles. The molecule has 2 nitrogen and oxygen atoms in total. The molecule has 0 bridgehead atoms. The van der Waals surface area contributed by atoms with Crippen molar-refractivity contribution in [1.29, 1.82) is 0 Å². The predicted molar refractivity (Wildman–Crippen MR) is 109 cm³/mol. The lowest BCUT2D eigenvalue weighted by molar-refractivity contribution is -0.136. The summed E-state index contributed by atoms with van der Waals surface area (Å²) >= 11 is 3.37. The Bertz CT molecular complexity index is 1120. The molecule has 0 aliphatic heterocycles. The van der Waals surface area contributed by atoms with Crippen LogP contribution in [-0.2, 0) is 11.2 Å². The molecule has 0 fully saturated rings. The van der Waals surface area contributed by atoms with Gasteiger partial charge in [-0.3, -0.25) is 4.79 Å². The molecule has 25 heavy (non-hydrogen) atoms. The summed E-state index contributed by atoms with van der Waals surface area (Å²) in [5.41, 5.74) is 2.33. The van der Waals surface area contributed by atoms with Crippen LogP contribution in [0.3, 0.4) is 0 Å². The van der Waals surface area contributed by atoms with Gasteiger partial charge in [-0.25, -0.2) is 0 Å². The highest BCUT2D eigenvalue weighted by molar-refractivity contribution is 7.19. The fourth-order valence-corrected chi connectivity index (χ4v) is 5.10. The van der Waals surface area contributed by atoms with Crippen LogP contribution in [0.1, 0.15) is 20.9 Å². The molecule has 0 saturated heterocycles. The summed E-state index contributed by atoms with van der Waals surface area (Å²) in [5, 5.41) is 11.4. The number of hydrogen-bond donors (Lipinski definition) is 1. The lowest BCUT2D eigenvalue weighted by Gasteiger charge is -1.99. The number of fused-ring (bicyclic) bond motifs is 2. The third kappa shape index (κ3) is 3.23. The summed E-state index contributed by atoms with van der Waals surface area (Å²) in [5.74, 6) is -0.789. The van der Waals surface area contributed by atoms with Crippen LogP contribution >= 0.6 is 22.7 Å². The second-order valence-electron chi connectivity index (χ2n) is 5.99. The van der Waals surface area contributed by atoms with E-state index in [1.807, 2.05) is 29.5 Å². The van der Waals surface area contributed by atoms with Gasteiger partial charge in [0.15, 0.2) is 0 Å². The van der Waals surface area contributed by atoms with Gasteiger partial charge in [0.25, 0.3) is 0 Å². The standard InChI is InChI=1S/C21H16O2S2/c1-13-10-17-14(4-2-6-19(17)24-13)8-9-15-5-3-7-20-18(15)11-16(25-20)12-21(22)23/h2-11H,12H2,1H3,(H,22,23)/b9-8+. The molecule has 1 N–H and O–H groups in total. The van der Waals surface area contributed by atoms with Crippen LogP contribution in [0, 0.1) is 6.92 Å². The van der Waals surface area contributed by atoms with Crippen molar-refractivity contribution in [3.8, 4) is 0 Å². The number of aryl methyl sites for hydroxylation is 1. The van der Waals surface area contributed by atoms with Gasteiger partial charge in [0.05, 0.1) is 6.42 Å². The number of rotatable bonds is 4. The zero-order chi connectivity index (χ0) is 17.4. The maximum Gasteiger partial charge on any atom is 0.308 e. The Hall–Kier alpha value is -2.43. The molecular weight excluding hydrogens is 348 g/mol. The van der Waals surface area contributed by atoms with E-state index in [1.54, 1.807) is 11.3 Å². The van der Waals surface area contributed by atoms with E-state index >= 15 is 0 Å². The molecule has 0 aliphatic carbocycles. The Morgan fingerprint density at radius 1 is 0.960 bits per heavy atom. The minimum Gasteiger partial charge on any atom is -0.481 e. The van der Waals surface area contributed by atoms with Gasteiger partial charge in [0.1, 0.15) is 0 Å². The van der Waals surface area contributed by atoms with Gasteiger partial charge >= 0.3 is 5.97 Å². The highest BCUT2D eigenvalue weighted by atomic mass is 32.1. The first-order valence-electron chi connectivity index (χ1n) is 8.00. The summed E-state index contributed by atoms with van der Waals surface area (Å²) in [6.07, 6.45) is 4.36. The first-order chi connectivity index (χ1) is 12.1. The summed E-state index contributed by atoms with van der Waals surface area (Å²) in [7, 11) is 0. The minimum atomic E-state index is -0.789. The molecule has 0 spiro atoms. The van der Waals surface area contributed by atoms with Crippen molar-refractivity contribution in [1.82, 2.24) is 0 Å². The Labute approximate surface area is 153 Å². The lowest BCUT2D eigenvalue weighted by atomic mass is 10.1.